The molecular formula is C11H15NO. The molecule has 0 bridgehead atoms. The van der Waals surface area contributed by atoms with Crippen molar-refractivity contribution < 1.29 is 4.74 Å². The summed E-state index contributed by atoms with van der Waals surface area (Å²) < 4.78 is 5.68. The fourth-order valence-corrected chi connectivity index (χ4v) is 1.54. The summed E-state index contributed by atoms with van der Waals surface area (Å²) in [5, 5.41) is 3.32. The fourth-order valence-electron chi connectivity index (χ4n) is 1.54. The van der Waals surface area contributed by atoms with Crippen molar-refractivity contribution in [3.05, 3.63) is 35.4 Å². The van der Waals surface area contributed by atoms with Crippen LogP contribution in [0.5, 0.6) is 0 Å². The first-order valence-corrected chi connectivity index (χ1v) is 4.71. The van der Waals surface area contributed by atoms with Crippen LogP contribution in [0.25, 0.3) is 0 Å². The molecule has 0 aliphatic carbocycles. The van der Waals surface area contributed by atoms with Crippen molar-refractivity contribution >= 4 is 0 Å². The standard InChI is InChI=1S/C11H15NO/c1-8-3-5-10(6-4-8)11-12-7-9(2)13-11/h3-6,9,11-12H,7H2,1-2H3. The number of nitrogens with one attached hydrogen (secondary N) is 1. The van der Waals surface area contributed by atoms with Gasteiger partial charge in [0.15, 0.2) is 0 Å². The Hall–Kier alpha value is -0.860. The molecule has 1 aromatic carbocycles. The number of hydrogen-bond donors (Lipinski definition) is 1. The first kappa shape index (κ1) is 8.73. The molecule has 1 heterocycles. The number of hydrogen-bond acceptors (Lipinski definition) is 2. The Morgan fingerprint density at radius 3 is 2.54 bits per heavy atom. The quantitative estimate of drug-likeness (QED) is 0.708. The lowest BCUT2D eigenvalue weighted by molar-refractivity contribution is 0.0510. The molecule has 70 valence electrons. The zero-order valence-electron chi connectivity index (χ0n) is 8.08. The van der Waals surface area contributed by atoms with Crippen molar-refractivity contribution in [2.45, 2.75) is 26.2 Å². The Morgan fingerprint density at radius 1 is 1.31 bits per heavy atom. The van der Waals surface area contributed by atoms with Crippen LogP contribution in [-0.2, 0) is 4.74 Å². The highest BCUT2D eigenvalue weighted by atomic mass is 16.5. The summed E-state index contributed by atoms with van der Waals surface area (Å²) in [6.45, 7) is 5.12. The van der Waals surface area contributed by atoms with Crippen molar-refractivity contribution in [3.8, 4) is 0 Å². The first-order valence-electron chi connectivity index (χ1n) is 4.71. The average molecular weight is 177 g/mol. The van der Waals surface area contributed by atoms with E-state index in [4.69, 9.17) is 4.74 Å². The Kier molecular flexibility index (Phi) is 2.34. The van der Waals surface area contributed by atoms with E-state index in [0.717, 1.165) is 6.54 Å². The van der Waals surface area contributed by atoms with Crippen LogP contribution in [0.4, 0.5) is 0 Å². The molecule has 0 aromatic heterocycles. The zero-order chi connectivity index (χ0) is 9.26. The van der Waals surface area contributed by atoms with Gasteiger partial charge < -0.3 is 4.74 Å². The van der Waals surface area contributed by atoms with Crippen LogP contribution in [0.15, 0.2) is 24.3 Å². The minimum absolute atomic E-state index is 0.0931. The van der Waals surface area contributed by atoms with E-state index in [-0.39, 0.29) is 6.23 Å². The maximum absolute atomic E-state index is 5.68. The minimum Gasteiger partial charge on any atom is -0.355 e. The normalized spacial score (nSPS) is 27.8. The molecule has 13 heavy (non-hydrogen) atoms. The summed E-state index contributed by atoms with van der Waals surface area (Å²) in [6.07, 6.45) is 0.418. The maximum Gasteiger partial charge on any atom is 0.134 e. The number of rotatable bonds is 1. The molecule has 0 saturated carbocycles. The van der Waals surface area contributed by atoms with E-state index >= 15 is 0 Å². The van der Waals surface area contributed by atoms with Gasteiger partial charge in [-0.1, -0.05) is 29.8 Å². The van der Waals surface area contributed by atoms with Crippen molar-refractivity contribution in [2.24, 2.45) is 0 Å². The van der Waals surface area contributed by atoms with Gasteiger partial charge in [0.2, 0.25) is 0 Å². The Bertz CT molecular complexity index is 281. The molecule has 2 nitrogen and oxygen atoms in total. The highest BCUT2D eigenvalue weighted by molar-refractivity contribution is 5.23. The summed E-state index contributed by atoms with van der Waals surface area (Å²) >= 11 is 0. The van der Waals surface area contributed by atoms with E-state index in [9.17, 15) is 0 Å². The highest BCUT2D eigenvalue weighted by Gasteiger charge is 2.21. The van der Waals surface area contributed by atoms with Gasteiger partial charge in [-0.3, -0.25) is 5.32 Å². The molecule has 1 N–H and O–H groups in total. The number of aryl methyl sites for hydroxylation is 1. The van der Waals surface area contributed by atoms with Crippen molar-refractivity contribution in [3.63, 3.8) is 0 Å². The maximum atomic E-state index is 5.68. The molecule has 1 aliphatic rings. The topological polar surface area (TPSA) is 21.3 Å². The van der Waals surface area contributed by atoms with Crippen LogP contribution in [0.2, 0.25) is 0 Å². The fraction of sp³-hybridized carbons (Fsp3) is 0.455. The molecule has 2 rings (SSSR count). The van der Waals surface area contributed by atoms with Gasteiger partial charge in [0.05, 0.1) is 6.10 Å². The summed E-state index contributed by atoms with van der Waals surface area (Å²) in [5.41, 5.74) is 2.50. The van der Waals surface area contributed by atoms with Crippen LogP contribution in [0.1, 0.15) is 24.3 Å². The van der Waals surface area contributed by atoms with Crippen LogP contribution in [-0.4, -0.2) is 12.6 Å². The van der Waals surface area contributed by atoms with E-state index in [2.05, 4.69) is 43.4 Å². The lowest BCUT2D eigenvalue weighted by Crippen LogP contribution is -2.14. The summed E-state index contributed by atoms with van der Waals surface area (Å²) in [6, 6.07) is 8.46. The molecule has 2 atom stereocenters. The molecule has 0 radical (unpaired) electrons. The van der Waals surface area contributed by atoms with E-state index < -0.39 is 0 Å². The third-order valence-corrected chi connectivity index (χ3v) is 2.34. The second kappa shape index (κ2) is 3.48. The van der Waals surface area contributed by atoms with Gasteiger partial charge in [-0.15, -0.1) is 0 Å². The van der Waals surface area contributed by atoms with Crippen LogP contribution >= 0.6 is 0 Å². The van der Waals surface area contributed by atoms with Crippen LogP contribution < -0.4 is 5.32 Å². The second-order valence-electron chi connectivity index (χ2n) is 3.65. The monoisotopic (exact) mass is 177 g/mol. The highest BCUT2D eigenvalue weighted by Crippen LogP contribution is 2.20. The second-order valence-corrected chi connectivity index (χ2v) is 3.65. The van der Waals surface area contributed by atoms with Gasteiger partial charge in [0, 0.05) is 6.54 Å². The molecule has 1 aliphatic heterocycles. The molecule has 1 aromatic rings. The molecule has 2 unspecified atom stereocenters. The number of benzene rings is 1. The van der Waals surface area contributed by atoms with E-state index in [0.29, 0.717) is 6.10 Å². The summed E-state index contributed by atoms with van der Waals surface area (Å²) in [5.74, 6) is 0. The zero-order valence-corrected chi connectivity index (χ0v) is 8.08. The lowest BCUT2D eigenvalue weighted by atomic mass is 10.1. The third-order valence-electron chi connectivity index (χ3n) is 2.34. The van der Waals surface area contributed by atoms with Crippen molar-refractivity contribution in [2.75, 3.05) is 6.54 Å². The predicted molar refractivity (Wildman–Crippen MR) is 52.5 cm³/mol. The molecular weight excluding hydrogens is 162 g/mol. The first-order chi connectivity index (χ1) is 6.25. The van der Waals surface area contributed by atoms with Gasteiger partial charge in [-0.05, 0) is 19.4 Å². The average Bonchev–Trinajstić information content (AvgIpc) is 2.53. The van der Waals surface area contributed by atoms with Crippen molar-refractivity contribution in [1.82, 2.24) is 5.32 Å². The molecule has 0 spiro atoms. The van der Waals surface area contributed by atoms with Gasteiger partial charge in [-0.25, -0.2) is 0 Å². The van der Waals surface area contributed by atoms with Gasteiger partial charge in [0.1, 0.15) is 6.23 Å². The third kappa shape index (κ3) is 1.90. The Balaban J connectivity index is 2.13. The van der Waals surface area contributed by atoms with Gasteiger partial charge >= 0.3 is 0 Å². The van der Waals surface area contributed by atoms with Gasteiger partial charge in [0.25, 0.3) is 0 Å². The largest absolute Gasteiger partial charge is 0.355 e. The predicted octanol–water partition coefficient (Wildman–Crippen LogP) is 2.00. The van der Waals surface area contributed by atoms with E-state index in [1.54, 1.807) is 0 Å². The smallest absolute Gasteiger partial charge is 0.134 e. The van der Waals surface area contributed by atoms with Crippen molar-refractivity contribution in [1.29, 1.82) is 0 Å². The van der Waals surface area contributed by atoms with E-state index in [1.807, 2.05) is 0 Å². The SMILES string of the molecule is Cc1ccc(C2NCC(C)O2)cc1. The van der Waals surface area contributed by atoms with Crippen LogP contribution in [0, 0.1) is 6.92 Å². The van der Waals surface area contributed by atoms with Gasteiger partial charge in [-0.2, -0.15) is 0 Å². The van der Waals surface area contributed by atoms with Crippen LogP contribution in [0.3, 0.4) is 0 Å². The molecule has 0 amide bonds. The lowest BCUT2D eigenvalue weighted by Gasteiger charge is -2.10. The summed E-state index contributed by atoms with van der Waals surface area (Å²) in [4.78, 5) is 0. The number of ether oxygens (including phenoxy) is 1. The minimum atomic E-state index is 0.0931. The molecule has 1 saturated heterocycles. The summed E-state index contributed by atoms with van der Waals surface area (Å²) in [7, 11) is 0. The molecule has 1 fully saturated rings. The Morgan fingerprint density at radius 2 is 2.00 bits per heavy atom. The Labute approximate surface area is 78.9 Å². The van der Waals surface area contributed by atoms with E-state index in [1.165, 1.54) is 11.1 Å². The molecule has 2 heteroatoms.